The molecular weight excluding hydrogens is 234 g/mol. The minimum atomic E-state index is -0.0669. The fourth-order valence-corrected chi connectivity index (χ4v) is 2.06. The summed E-state index contributed by atoms with van der Waals surface area (Å²) in [5.41, 5.74) is 6.92. The van der Waals surface area contributed by atoms with Gasteiger partial charge in [-0.2, -0.15) is 11.8 Å². The third-order valence-electron chi connectivity index (χ3n) is 2.26. The number of aryl methyl sites for hydroxylation is 1. The van der Waals surface area contributed by atoms with Crippen LogP contribution in [0.15, 0.2) is 24.9 Å². The lowest BCUT2D eigenvalue weighted by molar-refractivity contribution is 0.0947. The van der Waals surface area contributed by atoms with Gasteiger partial charge in [0, 0.05) is 30.8 Å². The number of nitrogens with two attached hydrogens (primary N) is 1. The summed E-state index contributed by atoms with van der Waals surface area (Å²) in [7, 11) is 0. The van der Waals surface area contributed by atoms with E-state index in [1.807, 2.05) is 17.6 Å². The first kappa shape index (κ1) is 13.7. The molecule has 0 atom stereocenters. The monoisotopic (exact) mass is 253 g/mol. The second-order valence-corrected chi connectivity index (χ2v) is 4.71. The molecule has 0 unspecified atom stereocenters. The number of nitrogen functional groups attached to an aromatic ring is 1. The van der Waals surface area contributed by atoms with Gasteiger partial charge in [0.15, 0.2) is 0 Å². The zero-order valence-corrected chi connectivity index (χ0v) is 10.9. The summed E-state index contributed by atoms with van der Waals surface area (Å²) in [6.45, 7) is 7.02. The second kappa shape index (κ2) is 7.06. The summed E-state index contributed by atoms with van der Waals surface area (Å²) < 4.78 is 1.85. The van der Waals surface area contributed by atoms with E-state index in [1.165, 1.54) is 0 Å². The number of nitrogens with one attached hydrogen (secondary N) is 1. The number of amides is 1. The topological polar surface area (TPSA) is 60.1 Å². The number of hydrogen-bond acceptors (Lipinski definition) is 3. The quantitative estimate of drug-likeness (QED) is 0.575. The minimum Gasteiger partial charge on any atom is -0.397 e. The largest absolute Gasteiger partial charge is 0.397 e. The van der Waals surface area contributed by atoms with Crippen LogP contribution in [0.3, 0.4) is 0 Å². The molecule has 0 radical (unpaired) electrons. The Bertz CT molecular complexity index is 387. The highest BCUT2D eigenvalue weighted by atomic mass is 32.2. The highest BCUT2D eigenvalue weighted by molar-refractivity contribution is 7.99. The highest BCUT2D eigenvalue weighted by Crippen LogP contribution is 2.10. The van der Waals surface area contributed by atoms with E-state index in [2.05, 4.69) is 11.9 Å². The Morgan fingerprint density at radius 3 is 3.12 bits per heavy atom. The van der Waals surface area contributed by atoms with E-state index in [0.717, 1.165) is 18.1 Å². The summed E-state index contributed by atoms with van der Waals surface area (Å²) in [4.78, 5) is 11.9. The fourth-order valence-electron chi connectivity index (χ4n) is 1.48. The second-order valence-electron chi connectivity index (χ2n) is 3.56. The summed E-state index contributed by atoms with van der Waals surface area (Å²) in [5.74, 6) is 1.73. The van der Waals surface area contributed by atoms with Gasteiger partial charge in [-0.05, 0) is 13.0 Å². The van der Waals surface area contributed by atoms with Gasteiger partial charge >= 0.3 is 0 Å². The molecule has 1 heterocycles. The summed E-state index contributed by atoms with van der Waals surface area (Å²) in [6, 6.07) is 1.70. The van der Waals surface area contributed by atoms with Gasteiger partial charge in [-0.1, -0.05) is 6.08 Å². The SMILES string of the molecule is C=CCSCCNC(=O)c1cc(N)cn1CC. The van der Waals surface area contributed by atoms with Gasteiger partial charge in [-0.15, -0.1) is 6.58 Å². The average Bonchev–Trinajstić information content (AvgIpc) is 2.70. The van der Waals surface area contributed by atoms with E-state index in [4.69, 9.17) is 5.73 Å². The molecule has 0 spiro atoms. The molecule has 0 saturated heterocycles. The molecule has 4 nitrogen and oxygen atoms in total. The number of carbonyl (C=O) groups excluding carboxylic acids is 1. The maximum atomic E-state index is 11.9. The lowest BCUT2D eigenvalue weighted by Gasteiger charge is -2.07. The van der Waals surface area contributed by atoms with Crippen LogP contribution < -0.4 is 11.1 Å². The fraction of sp³-hybridized carbons (Fsp3) is 0.417. The van der Waals surface area contributed by atoms with Crippen LogP contribution in [0, 0.1) is 0 Å². The van der Waals surface area contributed by atoms with Gasteiger partial charge in [0.25, 0.3) is 5.91 Å². The van der Waals surface area contributed by atoms with E-state index >= 15 is 0 Å². The Morgan fingerprint density at radius 1 is 1.71 bits per heavy atom. The molecule has 5 heteroatoms. The number of aromatic nitrogens is 1. The lowest BCUT2D eigenvalue weighted by atomic mass is 10.4. The third-order valence-corrected chi connectivity index (χ3v) is 3.22. The lowest BCUT2D eigenvalue weighted by Crippen LogP contribution is -2.27. The van der Waals surface area contributed by atoms with E-state index in [1.54, 1.807) is 24.0 Å². The Labute approximate surface area is 106 Å². The zero-order chi connectivity index (χ0) is 12.7. The molecule has 94 valence electrons. The molecule has 0 bridgehead atoms. The molecule has 0 aliphatic carbocycles. The van der Waals surface area contributed by atoms with Gasteiger partial charge in [0.1, 0.15) is 5.69 Å². The number of anilines is 1. The molecule has 3 N–H and O–H groups in total. The van der Waals surface area contributed by atoms with Crippen molar-refractivity contribution in [1.29, 1.82) is 0 Å². The molecule has 1 aromatic rings. The van der Waals surface area contributed by atoms with Crippen LogP contribution in [0.5, 0.6) is 0 Å². The van der Waals surface area contributed by atoms with Crippen molar-refractivity contribution in [3.63, 3.8) is 0 Å². The van der Waals surface area contributed by atoms with Crippen LogP contribution in [0.1, 0.15) is 17.4 Å². The van der Waals surface area contributed by atoms with Crippen molar-refractivity contribution < 1.29 is 4.79 Å². The Hall–Kier alpha value is -1.36. The number of rotatable bonds is 7. The highest BCUT2D eigenvalue weighted by Gasteiger charge is 2.10. The van der Waals surface area contributed by atoms with Crippen LogP contribution in [0.2, 0.25) is 0 Å². The smallest absolute Gasteiger partial charge is 0.268 e. The van der Waals surface area contributed by atoms with Crippen molar-refractivity contribution in [2.24, 2.45) is 0 Å². The van der Waals surface area contributed by atoms with Crippen molar-refractivity contribution in [1.82, 2.24) is 9.88 Å². The maximum Gasteiger partial charge on any atom is 0.268 e. The molecule has 17 heavy (non-hydrogen) atoms. The number of hydrogen-bond donors (Lipinski definition) is 2. The molecule has 0 aromatic carbocycles. The van der Waals surface area contributed by atoms with Gasteiger partial charge in [0.2, 0.25) is 0 Å². The normalized spacial score (nSPS) is 10.2. The van der Waals surface area contributed by atoms with Crippen LogP contribution >= 0.6 is 11.8 Å². The number of carbonyl (C=O) groups is 1. The molecule has 1 amide bonds. The van der Waals surface area contributed by atoms with Crippen molar-refractivity contribution in [2.45, 2.75) is 13.5 Å². The molecule has 0 aliphatic rings. The van der Waals surface area contributed by atoms with Crippen molar-refractivity contribution in [3.8, 4) is 0 Å². The molecular formula is C12H19N3OS. The summed E-state index contributed by atoms with van der Waals surface area (Å²) in [6.07, 6.45) is 3.64. The standard InChI is InChI=1S/C12H19N3OS/c1-3-6-17-7-5-14-12(16)11-8-10(13)9-15(11)4-2/h3,8-9H,1,4-7,13H2,2H3,(H,14,16). The Morgan fingerprint density at radius 2 is 2.47 bits per heavy atom. The van der Waals surface area contributed by atoms with Crippen LogP contribution in [0.4, 0.5) is 5.69 Å². The molecule has 0 saturated carbocycles. The van der Waals surface area contributed by atoms with E-state index in [-0.39, 0.29) is 5.91 Å². The third kappa shape index (κ3) is 4.19. The van der Waals surface area contributed by atoms with Gasteiger partial charge in [0.05, 0.1) is 5.69 Å². The van der Waals surface area contributed by atoms with E-state index < -0.39 is 0 Å². The number of nitrogens with zero attached hydrogens (tertiary/aromatic N) is 1. The first-order chi connectivity index (χ1) is 8.19. The molecule has 0 fully saturated rings. The van der Waals surface area contributed by atoms with E-state index in [9.17, 15) is 4.79 Å². The van der Waals surface area contributed by atoms with Crippen molar-refractivity contribution >= 4 is 23.4 Å². The molecule has 1 aromatic heterocycles. The maximum absolute atomic E-state index is 11.9. The molecule has 1 rings (SSSR count). The predicted molar refractivity (Wildman–Crippen MR) is 74.4 cm³/mol. The van der Waals surface area contributed by atoms with Crippen LogP contribution in [-0.4, -0.2) is 28.5 Å². The Balaban J connectivity index is 2.43. The predicted octanol–water partition coefficient (Wildman–Crippen LogP) is 1.74. The minimum absolute atomic E-state index is 0.0669. The average molecular weight is 253 g/mol. The molecule has 0 aliphatic heterocycles. The first-order valence-electron chi connectivity index (χ1n) is 5.61. The van der Waals surface area contributed by atoms with E-state index in [0.29, 0.717) is 17.9 Å². The van der Waals surface area contributed by atoms with Crippen LogP contribution in [-0.2, 0) is 6.54 Å². The van der Waals surface area contributed by atoms with Crippen LogP contribution in [0.25, 0.3) is 0 Å². The van der Waals surface area contributed by atoms with Crippen molar-refractivity contribution in [3.05, 3.63) is 30.6 Å². The van der Waals surface area contributed by atoms with Gasteiger partial charge in [-0.3, -0.25) is 4.79 Å². The van der Waals surface area contributed by atoms with Gasteiger partial charge < -0.3 is 15.6 Å². The zero-order valence-electron chi connectivity index (χ0n) is 10.1. The summed E-state index contributed by atoms with van der Waals surface area (Å²) >= 11 is 1.74. The van der Waals surface area contributed by atoms with Gasteiger partial charge in [-0.25, -0.2) is 0 Å². The first-order valence-corrected chi connectivity index (χ1v) is 6.77. The van der Waals surface area contributed by atoms with Crippen molar-refractivity contribution in [2.75, 3.05) is 23.8 Å². The summed E-state index contributed by atoms with van der Waals surface area (Å²) in [5, 5.41) is 2.88. The Kier molecular flexibility index (Phi) is 5.69. The number of thioether (sulfide) groups is 1.